The maximum Gasteiger partial charge on any atom is 0.231 e. The SMILES string of the molecule is O=C1Cc2cc(O)ccc2CN1c1ccc(F)cc1. The number of rotatable bonds is 1. The summed E-state index contributed by atoms with van der Waals surface area (Å²) >= 11 is 0. The van der Waals surface area contributed by atoms with Crippen molar-refractivity contribution < 1.29 is 14.3 Å². The Labute approximate surface area is 109 Å². The van der Waals surface area contributed by atoms with Crippen molar-refractivity contribution in [2.45, 2.75) is 13.0 Å². The Morgan fingerprint density at radius 1 is 1.05 bits per heavy atom. The highest BCUT2D eigenvalue weighted by Gasteiger charge is 2.24. The molecule has 1 N–H and O–H groups in total. The molecular weight excluding hydrogens is 245 g/mol. The number of anilines is 1. The average Bonchev–Trinajstić information content (AvgIpc) is 2.39. The Hall–Kier alpha value is -2.36. The van der Waals surface area contributed by atoms with Gasteiger partial charge >= 0.3 is 0 Å². The fourth-order valence-electron chi connectivity index (χ4n) is 2.30. The lowest BCUT2D eigenvalue weighted by atomic mass is 9.98. The quantitative estimate of drug-likeness (QED) is 0.853. The standard InChI is InChI=1S/C15H12FNO2/c16-12-2-4-13(5-3-12)17-9-10-1-6-14(18)7-11(10)8-15(17)19/h1-7,18H,8-9H2. The van der Waals surface area contributed by atoms with Gasteiger partial charge in [-0.1, -0.05) is 6.07 Å². The van der Waals surface area contributed by atoms with Gasteiger partial charge in [-0.05, 0) is 47.5 Å². The minimum atomic E-state index is -0.321. The number of amides is 1. The minimum absolute atomic E-state index is 0.0512. The third kappa shape index (κ3) is 2.17. The molecule has 1 aliphatic heterocycles. The van der Waals surface area contributed by atoms with Gasteiger partial charge < -0.3 is 10.0 Å². The van der Waals surface area contributed by atoms with Gasteiger partial charge in [-0.25, -0.2) is 4.39 Å². The minimum Gasteiger partial charge on any atom is -0.508 e. The van der Waals surface area contributed by atoms with Crippen molar-refractivity contribution in [1.29, 1.82) is 0 Å². The molecule has 0 saturated carbocycles. The van der Waals surface area contributed by atoms with Gasteiger partial charge in [0.1, 0.15) is 11.6 Å². The number of benzene rings is 2. The lowest BCUT2D eigenvalue weighted by Crippen LogP contribution is -2.36. The van der Waals surface area contributed by atoms with Crippen LogP contribution in [-0.2, 0) is 17.8 Å². The highest BCUT2D eigenvalue weighted by molar-refractivity contribution is 5.96. The molecule has 4 heteroatoms. The van der Waals surface area contributed by atoms with Crippen molar-refractivity contribution in [2.24, 2.45) is 0 Å². The number of carbonyl (C=O) groups is 1. The number of fused-ring (bicyclic) bond motifs is 1. The lowest BCUT2D eigenvalue weighted by molar-refractivity contribution is -0.118. The highest BCUT2D eigenvalue weighted by atomic mass is 19.1. The monoisotopic (exact) mass is 257 g/mol. The molecule has 2 aromatic carbocycles. The largest absolute Gasteiger partial charge is 0.508 e. The van der Waals surface area contributed by atoms with Crippen LogP contribution in [0.25, 0.3) is 0 Å². The number of carbonyl (C=O) groups excluding carboxylic acids is 1. The number of halogens is 1. The van der Waals surface area contributed by atoms with E-state index < -0.39 is 0 Å². The molecule has 3 rings (SSSR count). The van der Waals surface area contributed by atoms with E-state index in [1.807, 2.05) is 6.07 Å². The van der Waals surface area contributed by atoms with Crippen LogP contribution >= 0.6 is 0 Å². The molecule has 2 aromatic rings. The number of hydrogen-bond donors (Lipinski definition) is 1. The van der Waals surface area contributed by atoms with E-state index in [2.05, 4.69) is 0 Å². The van der Waals surface area contributed by atoms with Gasteiger partial charge in [0, 0.05) is 5.69 Å². The summed E-state index contributed by atoms with van der Waals surface area (Å²) in [4.78, 5) is 13.7. The molecule has 0 aromatic heterocycles. The van der Waals surface area contributed by atoms with Gasteiger partial charge in [-0.2, -0.15) is 0 Å². The smallest absolute Gasteiger partial charge is 0.231 e. The first-order chi connectivity index (χ1) is 9.13. The van der Waals surface area contributed by atoms with Crippen LogP contribution in [0.4, 0.5) is 10.1 Å². The zero-order valence-corrected chi connectivity index (χ0v) is 10.1. The molecule has 0 saturated heterocycles. The van der Waals surface area contributed by atoms with Crippen LogP contribution in [0.1, 0.15) is 11.1 Å². The van der Waals surface area contributed by atoms with Crippen LogP contribution in [0.3, 0.4) is 0 Å². The van der Waals surface area contributed by atoms with Gasteiger partial charge in [-0.15, -0.1) is 0 Å². The van der Waals surface area contributed by atoms with Crippen molar-refractivity contribution >= 4 is 11.6 Å². The van der Waals surface area contributed by atoms with Crippen LogP contribution in [0.5, 0.6) is 5.75 Å². The van der Waals surface area contributed by atoms with E-state index in [4.69, 9.17) is 0 Å². The second kappa shape index (κ2) is 4.39. The van der Waals surface area contributed by atoms with E-state index >= 15 is 0 Å². The summed E-state index contributed by atoms with van der Waals surface area (Å²) in [5.74, 6) is -0.204. The van der Waals surface area contributed by atoms with Crippen LogP contribution in [-0.4, -0.2) is 11.0 Å². The molecule has 0 aliphatic carbocycles. The molecule has 0 atom stereocenters. The fourth-order valence-corrected chi connectivity index (χ4v) is 2.30. The number of phenolic OH excluding ortho intramolecular Hbond substituents is 1. The van der Waals surface area contributed by atoms with E-state index in [1.54, 1.807) is 29.2 Å². The van der Waals surface area contributed by atoms with Gasteiger partial charge in [0.05, 0.1) is 13.0 Å². The summed E-state index contributed by atoms with van der Waals surface area (Å²) in [6.07, 6.45) is 0.251. The summed E-state index contributed by atoms with van der Waals surface area (Å²) in [5.41, 5.74) is 2.54. The molecule has 0 radical (unpaired) electrons. The second-order valence-corrected chi connectivity index (χ2v) is 4.59. The Bertz CT molecular complexity index is 637. The normalized spacial score (nSPS) is 14.4. The Morgan fingerprint density at radius 3 is 2.53 bits per heavy atom. The third-order valence-corrected chi connectivity index (χ3v) is 3.30. The van der Waals surface area contributed by atoms with E-state index in [0.717, 1.165) is 11.1 Å². The van der Waals surface area contributed by atoms with Gasteiger partial charge in [0.25, 0.3) is 0 Å². The number of phenols is 1. The molecule has 0 bridgehead atoms. The van der Waals surface area contributed by atoms with Crippen LogP contribution in [0.2, 0.25) is 0 Å². The first-order valence-corrected chi connectivity index (χ1v) is 6.00. The summed E-state index contributed by atoms with van der Waals surface area (Å²) in [6, 6.07) is 10.9. The number of nitrogens with zero attached hydrogens (tertiary/aromatic N) is 1. The maximum atomic E-state index is 12.9. The molecule has 0 fully saturated rings. The van der Waals surface area contributed by atoms with Gasteiger partial charge in [-0.3, -0.25) is 4.79 Å². The third-order valence-electron chi connectivity index (χ3n) is 3.30. The van der Waals surface area contributed by atoms with E-state index in [-0.39, 0.29) is 23.9 Å². The predicted octanol–water partition coefficient (Wildman–Crippen LogP) is 2.62. The zero-order valence-electron chi connectivity index (χ0n) is 10.1. The number of hydrogen-bond acceptors (Lipinski definition) is 2. The van der Waals surface area contributed by atoms with Gasteiger partial charge in [0.15, 0.2) is 0 Å². The molecule has 1 amide bonds. The molecule has 3 nitrogen and oxygen atoms in total. The Morgan fingerprint density at radius 2 is 1.79 bits per heavy atom. The first-order valence-electron chi connectivity index (χ1n) is 6.00. The molecule has 1 heterocycles. The topological polar surface area (TPSA) is 40.5 Å². The van der Waals surface area contributed by atoms with Crippen molar-refractivity contribution in [3.63, 3.8) is 0 Å². The fraction of sp³-hybridized carbons (Fsp3) is 0.133. The molecular formula is C15H12FNO2. The van der Waals surface area contributed by atoms with Crippen molar-refractivity contribution in [3.05, 3.63) is 59.4 Å². The molecule has 19 heavy (non-hydrogen) atoms. The molecule has 0 spiro atoms. The van der Waals surface area contributed by atoms with Crippen LogP contribution < -0.4 is 4.90 Å². The molecule has 1 aliphatic rings. The summed E-state index contributed by atoms with van der Waals surface area (Å²) in [7, 11) is 0. The number of aromatic hydroxyl groups is 1. The van der Waals surface area contributed by atoms with Gasteiger partial charge in [0.2, 0.25) is 5.91 Å². The summed E-state index contributed by atoms with van der Waals surface area (Å²) < 4.78 is 12.9. The lowest BCUT2D eigenvalue weighted by Gasteiger charge is -2.28. The first kappa shape index (κ1) is 11.7. The molecule has 96 valence electrons. The average molecular weight is 257 g/mol. The van der Waals surface area contributed by atoms with E-state index in [1.165, 1.54) is 12.1 Å². The summed E-state index contributed by atoms with van der Waals surface area (Å²) in [5, 5.41) is 9.42. The maximum absolute atomic E-state index is 12.9. The second-order valence-electron chi connectivity index (χ2n) is 4.59. The Kier molecular flexibility index (Phi) is 2.71. The van der Waals surface area contributed by atoms with Crippen molar-refractivity contribution in [3.8, 4) is 5.75 Å². The molecule has 0 unspecified atom stereocenters. The predicted molar refractivity (Wildman–Crippen MR) is 69.4 cm³/mol. The van der Waals surface area contributed by atoms with E-state index in [0.29, 0.717) is 12.2 Å². The van der Waals surface area contributed by atoms with Crippen LogP contribution in [0.15, 0.2) is 42.5 Å². The Balaban J connectivity index is 1.95. The summed E-state index contributed by atoms with van der Waals surface area (Å²) in [6.45, 7) is 0.445. The van der Waals surface area contributed by atoms with E-state index in [9.17, 15) is 14.3 Å². The van der Waals surface area contributed by atoms with Crippen molar-refractivity contribution in [2.75, 3.05) is 4.90 Å². The van der Waals surface area contributed by atoms with Crippen molar-refractivity contribution in [1.82, 2.24) is 0 Å². The highest BCUT2D eigenvalue weighted by Crippen LogP contribution is 2.27. The van der Waals surface area contributed by atoms with Crippen LogP contribution in [0, 0.1) is 5.82 Å². The zero-order chi connectivity index (χ0) is 13.4.